The highest BCUT2D eigenvalue weighted by atomic mass is 19.1. The molecule has 0 spiro atoms. The van der Waals surface area contributed by atoms with Gasteiger partial charge in [0.15, 0.2) is 0 Å². The molecule has 1 aliphatic rings. The molecule has 0 amide bonds. The molecule has 2 nitrogen and oxygen atoms in total. The van der Waals surface area contributed by atoms with Crippen molar-refractivity contribution in [3.05, 3.63) is 35.1 Å². The SMILES string of the molecule is C[C@@H]1CCC[C@H](C)N1Cc1ccc(F)c(C#N)c1. The molecule has 0 aromatic heterocycles. The molecule has 2 atom stereocenters. The number of hydrogen-bond acceptors (Lipinski definition) is 2. The summed E-state index contributed by atoms with van der Waals surface area (Å²) in [5.74, 6) is -0.430. The normalized spacial score (nSPS) is 24.8. The second kappa shape index (κ2) is 5.49. The fourth-order valence-corrected chi connectivity index (χ4v) is 2.75. The van der Waals surface area contributed by atoms with Crippen molar-refractivity contribution in [2.75, 3.05) is 0 Å². The molecule has 0 aliphatic carbocycles. The van der Waals surface area contributed by atoms with Crippen LogP contribution >= 0.6 is 0 Å². The van der Waals surface area contributed by atoms with E-state index in [0.717, 1.165) is 12.1 Å². The minimum absolute atomic E-state index is 0.143. The van der Waals surface area contributed by atoms with Crippen molar-refractivity contribution in [3.8, 4) is 6.07 Å². The summed E-state index contributed by atoms with van der Waals surface area (Å²) in [7, 11) is 0. The average Bonchev–Trinajstić information content (AvgIpc) is 2.36. The average molecular weight is 246 g/mol. The Labute approximate surface area is 108 Å². The third kappa shape index (κ3) is 2.70. The topological polar surface area (TPSA) is 27.0 Å². The van der Waals surface area contributed by atoms with Crippen LogP contribution in [0.4, 0.5) is 4.39 Å². The lowest BCUT2D eigenvalue weighted by Gasteiger charge is -2.39. The molecule has 1 heterocycles. The minimum atomic E-state index is -0.430. The Hall–Kier alpha value is -1.40. The summed E-state index contributed by atoms with van der Waals surface area (Å²) in [5.41, 5.74) is 1.17. The van der Waals surface area contributed by atoms with Gasteiger partial charge in [-0.15, -0.1) is 0 Å². The monoisotopic (exact) mass is 246 g/mol. The fraction of sp³-hybridized carbons (Fsp3) is 0.533. The lowest BCUT2D eigenvalue weighted by atomic mass is 9.96. The molecule has 0 N–H and O–H groups in total. The summed E-state index contributed by atoms with van der Waals surface area (Å²) >= 11 is 0. The van der Waals surface area contributed by atoms with Crippen molar-refractivity contribution in [2.45, 2.75) is 51.7 Å². The van der Waals surface area contributed by atoms with Gasteiger partial charge in [0.25, 0.3) is 0 Å². The van der Waals surface area contributed by atoms with E-state index in [1.807, 2.05) is 6.07 Å². The first kappa shape index (κ1) is 13.0. The fourth-order valence-electron chi connectivity index (χ4n) is 2.75. The van der Waals surface area contributed by atoms with Crippen LogP contribution in [-0.2, 0) is 6.54 Å². The van der Waals surface area contributed by atoms with Gasteiger partial charge in [0.05, 0.1) is 5.56 Å². The Kier molecular flexibility index (Phi) is 3.98. The molecular weight excluding hydrogens is 227 g/mol. The predicted octanol–water partition coefficient (Wildman–Crippen LogP) is 3.46. The Bertz CT molecular complexity index is 454. The summed E-state index contributed by atoms with van der Waals surface area (Å²) in [4.78, 5) is 2.44. The van der Waals surface area contributed by atoms with Crippen LogP contribution in [0.15, 0.2) is 18.2 Å². The number of piperidine rings is 1. The highest BCUT2D eigenvalue weighted by Crippen LogP contribution is 2.25. The predicted molar refractivity (Wildman–Crippen MR) is 69.4 cm³/mol. The number of benzene rings is 1. The molecule has 0 unspecified atom stereocenters. The van der Waals surface area contributed by atoms with Crippen molar-refractivity contribution < 1.29 is 4.39 Å². The maximum atomic E-state index is 13.3. The lowest BCUT2D eigenvalue weighted by molar-refractivity contribution is 0.0952. The van der Waals surface area contributed by atoms with E-state index in [9.17, 15) is 4.39 Å². The molecule has 1 fully saturated rings. The summed E-state index contributed by atoms with van der Waals surface area (Å²) in [6.45, 7) is 5.28. The van der Waals surface area contributed by atoms with Crippen LogP contribution in [0.3, 0.4) is 0 Å². The van der Waals surface area contributed by atoms with Crippen molar-refractivity contribution in [2.24, 2.45) is 0 Å². The van der Waals surface area contributed by atoms with E-state index < -0.39 is 5.82 Å². The number of nitrogens with zero attached hydrogens (tertiary/aromatic N) is 2. The Balaban J connectivity index is 2.15. The van der Waals surface area contributed by atoms with Gasteiger partial charge in [-0.25, -0.2) is 4.39 Å². The highest BCUT2D eigenvalue weighted by molar-refractivity contribution is 5.34. The van der Waals surface area contributed by atoms with Gasteiger partial charge < -0.3 is 0 Å². The molecule has 0 saturated carbocycles. The first-order valence-electron chi connectivity index (χ1n) is 6.56. The van der Waals surface area contributed by atoms with Gasteiger partial charge in [-0.1, -0.05) is 12.5 Å². The second-order valence-electron chi connectivity index (χ2n) is 5.23. The molecule has 0 bridgehead atoms. The summed E-state index contributed by atoms with van der Waals surface area (Å²) < 4.78 is 13.3. The number of likely N-dealkylation sites (tertiary alicyclic amines) is 1. The number of rotatable bonds is 2. The first-order chi connectivity index (χ1) is 8.61. The zero-order valence-electron chi connectivity index (χ0n) is 11.0. The van der Waals surface area contributed by atoms with Gasteiger partial charge in [0.2, 0.25) is 0 Å². The highest BCUT2D eigenvalue weighted by Gasteiger charge is 2.24. The molecule has 3 heteroatoms. The quantitative estimate of drug-likeness (QED) is 0.799. The third-order valence-electron chi connectivity index (χ3n) is 3.89. The minimum Gasteiger partial charge on any atom is -0.294 e. The second-order valence-corrected chi connectivity index (χ2v) is 5.23. The Morgan fingerprint density at radius 1 is 1.33 bits per heavy atom. The molecule has 96 valence electrons. The van der Waals surface area contributed by atoms with Gasteiger partial charge in [0.1, 0.15) is 11.9 Å². The molecule has 1 aliphatic heterocycles. The van der Waals surface area contributed by atoms with Crippen LogP contribution in [0.25, 0.3) is 0 Å². The summed E-state index contributed by atoms with van der Waals surface area (Å²) in [6.07, 6.45) is 3.72. The van der Waals surface area contributed by atoms with Gasteiger partial charge >= 0.3 is 0 Å². The van der Waals surface area contributed by atoms with Crippen LogP contribution in [0.5, 0.6) is 0 Å². The van der Waals surface area contributed by atoms with E-state index in [-0.39, 0.29) is 5.56 Å². The number of nitriles is 1. The molecule has 1 aromatic carbocycles. The molecule has 2 rings (SSSR count). The van der Waals surface area contributed by atoms with Gasteiger partial charge in [-0.05, 0) is 44.4 Å². The molecule has 0 radical (unpaired) electrons. The summed E-state index contributed by atoms with van der Waals surface area (Å²) in [6, 6.07) is 7.87. The van der Waals surface area contributed by atoms with Crippen LogP contribution < -0.4 is 0 Å². The Morgan fingerprint density at radius 2 is 2.00 bits per heavy atom. The number of halogens is 1. The van der Waals surface area contributed by atoms with Crippen LogP contribution in [0.2, 0.25) is 0 Å². The van der Waals surface area contributed by atoms with Crippen LogP contribution in [0.1, 0.15) is 44.2 Å². The Morgan fingerprint density at radius 3 is 2.61 bits per heavy atom. The van der Waals surface area contributed by atoms with Gasteiger partial charge in [-0.2, -0.15) is 5.26 Å². The largest absolute Gasteiger partial charge is 0.294 e. The zero-order chi connectivity index (χ0) is 13.1. The van der Waals surface area contributed by atoms with Crippen LogP contribution in [-0.4, -0.2) is 17.0 Å². The van der Waals surface area contributed by atoms with E-state index in [1.165, 1.54) is 25.3 Å². The standard InChI is InChI=1S/C15H19FN2/c1-11-4-3-5-12(2)18(11)10-13-6-7-15(16)14(8-13)9-17/h6-8,11-12H,3-5,10H2,1-2H3/t11-,12+. The van der Waals surface area contributed by atoms with E-state index >= 15 is 0 Å². The van der Waals surface area contributed by atoms with E-state index in [0.29, 0.717) is 12.1 Å². The van der Waals surface area contributed by atoms with E-state index in [2.05, 4.69) is 18.7 Å². The molecular formula is C15H19FN2. The van der Waals surface area contributed by atoms with Crippen molar-refractivity contribution in [3.63, 3.8) is 0 Å². The maximum absolute atomic E-state index is 13.3. The van der Waals surface area contributed by atoms with Crippen molar-refractivity contribution >= 4 is 0 Å². The summed E-state index contributed by atoms with van der Waals surface area (Å²) in [5, 5.41) is 8.85. The zero-order valence-corrected chi connectivity index (χ0v) is 11.0. The van der Waals surface area contributed by atoms with Crippen LogP contribution in [0, 0.1) is 17.1 Å². The van der Waals surface area contributed by atoms with E-state index in [4.69, 9.17) is 5.26 Å². The van der Waals surface area contributed by atoms with Crippen molar-refractivity contribution in [1.82, 2.24) is 4.90 Å². The first-order valence-corrected chi connectivity index (χ1v) is 6.56. The van der Waals surface area contributed by atoms with E-state index in [1.54, 1.807) is 12.1 Å². The van der Waals surface area contributed by atoms with Crippen molar-refractivity contribution in [1.29, 1.82) is 5.26 Å². The molecule has 1 aromatic rings. The molecule has 18 heavy (non-hydrogen) atoms. The lowest BCUT2D eigenvalue weighted by Crippen LogP contribution is -2.42. The van der Waals surface area contributed by atoms with Gasteiger partial charge in [0, 0.05) is 18.6 Å². The number of hydrogen-bond donors (Lipinski definition) is 0. The smallest absolute Gasteiger partial charge is 0.140 e. The van der Waals surface area contributed by atoms with Gasteiger partial charge in [-0.3, -0.25) is 4.90 Å². The maximum Gasteiger partial charge on any atom is 0.140 e. The third-order valence-corrected chi connectivity index (χ3v) is 3.89. The molecule has 1 saturated heterocycles.